The van der Waals surface area contributed by atoms with Crippen LogP contribution in [-0.4, -0.2) is 161 Å². The van der Waals surface area contributed by atoms with Gasteiger partial charge in [0, 0.05) is 120 Å². The lowest BCUT2D eigenvalue weighted by atomic mass is 9.72. The predicted octanol–water partition coefficient (Wildman–Crippen LogP) is 6.00. The second-order valence-electron chi connectivity index (χ2n) is 27.8. The molecule has 28 nitrogen and oxygen atoms in total. The average Bonchev–Trinajstić information content (AvgIpc) is 1.50. The van der Waals surface area contributed by atoms with Crippen molar-refractivity contribution in [2.24, 2.45) is 11.7 Å². The van der Waals surface area contributed by atoms with Crippen molar-refractivity contribution in [3.63, 3.8) is 0 Å². The number of hydrogen-bond acceptors (Lipinski definition) is 21. The smallest absolute Gasteiger partial charge is 0.407 e. The summed E-state index contributed by atoms with van der Waals surface area (Å²) in [6.45, 7) is 10.7. The van der Waals surface area contributed by atoms with E-state index in [2.05, 4.69) is 65.7 Å². The molecule has 9 aliphatic heterocycles. The highest BCUT2D eigenvalue weighted by Gasteiger charge is 2.73. The molecular weight excluding hydrogens is 1320 g/mol. The number of H-pyrrole nitrogens is 1. The number of primary amides is 1. The summed E-state index contributed by atoms with van der Waals surface area (Å²) in [5.74, 6) is -2.50. The van der Waals surface area contributed by atoms with Gasteiger partial charge in [0.05, 0.1) is 36.2 Å². The minimum Gasteiger partial charge on any atom is -0.504 e. The van der Waals surface area contributed by atoms with E-state index in [4.69, 9.17) is 34.2 Å². The number of piperazine rings is 1. The van der Waals surface area contributed by atoms with Crippen LogP contribution in [0.15, 0.2) is 66.7 Å². The van der Waals surface area contributed by atoms with Crippen LogP contribution in [0.1, 0.15) is 140 Å². The Kier molecular flexibility index (Phi) is 19.0. The molecule has 4 aromatic carbocycles. The number of hydrogen-bond donors (Lipinski definition) is 9. The number of nitrogens with one attached hydrogen (secondary N) is 7. The molecule has 3 saturated heterocycles. The Morgan fingerprint density at radius 3 is 2.39 bits per heavy atom. The number of aromatic amines is 1. The molecule has 3 fully saturated rings. The number of carbonyl (C=O) groups excluding carboxylic acids is 9. The van der Waals surface area contributed by atoms with Crippen LogP contribution in [-0.2, 0) is 67.1 Å². The van der Waals surface area contributed by atoms with Crippen molar-refractivity contribution in [1.29, 1.82) is 5.26 Å². The first-order valence-electron chi connectivity index (χ1n) is 34.1. The third kappa shape index (κ3) is 12.4. The first-order chi connectivity index (χ1) is 48.4. The number of benzene rings is 4. The number of anilines is 1. The van der Waals surface area contributed by atoms with Crippen LogP contribution < -0.4 is 56.6 Å². The standard InChI is InChI=1S/C72H82N12O16S/c1-36(2)55(80-49(86)17-9-8-12-25-82-50(87)22-23-51(82)88)66(91)79-47(16-13-24-75-68(74)93)65(90)77-41-20-18-40(19-21-41)29-97-69(94)76-28-42-27-44-43-14-10-11-15-46(43)78-64(44)72(81-42)34-101-63-54-53(62-61(98-35-99-62)38(4)60(54)100-39(5)85)48(30-96-67(72)92)84-57(63)56-52-45(26-37(3)59(95-7)58(52)89)70(6)31-71(84,32-73)33-83(56)70/h10-11,14-15,18-23,26,36,42,47-48,55-57,63,78,81,89H,8-9,12-13,16-17,24-25,27-31,33-35H2,1-7H3,(H,76,94)(H,77,90)(H,79,91)(H,80,86)(H3,74,75,93)/t42-,47+,48+,55+,56-,57-,63-,70?,71?,72-/m1/s1. The third-order valence-electron chi connectivity index (χ3n) is 21.0. The number of rotatable bonds is 22. The highest BCUT2D eigenvalue weighted by atomic mass is 32.2. The number of nitrogens with two attached hydrogens (primary N) is 1. The largest absolute Gasteiger partial charge is 0.504 e. The number of unbranched alkanes of at least 4 members (excludes halogenated alkanes) is 2. The van der Waals surface area contributed by atoms with E-state index in [1.54, 1.807) is 38.1 Å². The number of phenols is 1. The summed E-state index contributed by atoms with van der Waals surface area (Å²) in [6.07, 6.45) is 4.31. The Hall–Kier alpha value is -9.89. The predicted molar refractivity (Wildman–Crippen MR) is 366 cm³/mol. The van der Waals surface area contributed by atoms with Crippen LogP contribution in [0.25, 0.3) is 10.9 Å². The summed E-state index contributed by atoms with van der Waals surface area (Å²) in [7, 11) is 1.52. The first-order valence-corrected chi connectivity index (χ1v) is 35.1. The van der Waals surface area contributed by atoms with Gasteiger partial charge in [0.2, 0.25) is 24.5 Å². The molecule has 10 heterocycles. The SMILES string of the molecule is COc1c(C)cc2c(c1O)[C@@H]1[C@@H]3[C@@H]4SC[C@]5(N[C@@H](CNC(=O)OCc6ccc(NC(=O)[C@H](CCCNC(N)=O)NC(=O)[C@@H](NC(=O)CCCCCN7C(=O)C=CC7=O)C(C)C)cc6)Cc6c5[nH]c5ccccc65)C(=O)OC[C@@H](c5c6c(c(C)c(OC(C)=O)c54)OCO6)N3C3(C#N)CN1C2(C)C3. The van der Waals surface area contributed by atoms with Gasteiger partial charge >= 0.3 is 24.1 Å². The van der Waals surface area contributed by atoms with E-state index < -0.39 is 94.0 Å². The van der Waals surface area contributed by atoms with Gasteiger partial charge in [-0.1, -0.05) is 50.6 Å². The van der Waals surface area contributed by atoms with Gasteiger partial charge in [0.25, 0.3) is 11.8 Å². The average molecular weight is 1400 g/mol. The number of phenolic OH excluding ortho intramolecular Hbond substituents is 1. The van der Waals surface area contributed by atoms with E-state index in [-0.39, 0.29) is 99.8 Å². The first kappa shape index (κ1) is 69.6. The molecule has 2 unspecified atom stereocenters. The molecule has 0 saturated carbocycles. The van der Waals surface area contributed by atoms with Crippen molar-refractivity contribution in [3.05, 3.63) is 117 Å². The Morgan fingerprint density at radius 1 is 0.911 bits per heavy atom. The van der Waals surface area contributed by atoms with Gasteiger partial charge in [-0.25, -0.2) is 14.4 Å². The number of amides is 8. The van der Waals surface area contributed by atoms with Gasteiger partial charge in [-0.3, -0.25) is 48.8 Å². The highest BCUT2D eigenvalue weighted by Crippen LogP contribution is 2.71. The Balaban J connectivity index is 0.718. The van der Waals surface area contributed by atoms with E-state index in [0.717, 1.165) is 32.5 Å². The lowest BCUT2D eigenvalue weighted by Gasteiger charge is -2.58. The molecule has 0 radical (unpaired) electrons. The molecular formula is C72H82N12O16S. The van der Waals surface area contributed by atoms with Crippen LogP contribution in [0.3, 0.4) is 0 Å². The fraction of sp³-hybridized carbons (Fsp3) is 0.472. The van der Waals surface area contributed by atoms with E-state index in [9.17, 15) is 48.7 Å². The van der Waals surface area contributed by atoms with Crippen LogP contribution in [0.4, 0.5) is 15.3 Å². The van der Waals surface area contributed by atoms with Crippen molar-refractivity contribution < 1.29 is 76.7 Å². The monoisotopic (exact) mass is 1400 g/mol. The van der Waals surface area contributed by atoms with E-state index in [1.165, 1.54) is 37.9 Å². The van der Waals surface area contributed by atoms with Gasteiger partial charge in [0.1, 0.15) is 36.6 Å². The summed E-state index contributed by atoms with van der Waals surface area (Å²) >= 11 is 1.43. The number of thioether (sulfide) groups is 1. The zero-order chi connectivity index (χ0) is 71.6. The molecule has 0 aliphatic carbocycles. The number of nitriles is 1. The van der Waals surface area contributed by atoms with Gasteiger partial charge < -0.3 is 70.8 Å². The Bertz CT molecular complexity index is 4310. The number of aromatic nitrogens is 1. The number of ether oxygens (including phenoxy) is 6. The quantitative estimate of drug-likeness (QED) is 0.0166. The summed E-state index contributed by atoms with van der Waals surface area (Å²) in [6, 6.07) is 13.5. The van der Waals surface area contributed by atoms with E-state index in [0.29, 0.717) is 95.1 Å². The number of urea groups is 1. The van der Waals surface area contributed by atoms with Gasteiger partial charge in [-0.05, 0) is 105 Å². The Labute approximate surface area is 586 Å². The highest BCUT2D eigenvalue weighted by molar-refractivity contribution is 7.99. The van der Waals surface area contributed by atoms with Crippen molar-refractivity contribution in [2.45, 2.75) is 158 Å². The molecule has 1 aromatic heterocycles. The molecule has 1 spiro atoms. The van der Waals surface area contributed by atoms with Gasteiger partial charge in [-0.15, -0.1) is 11.8 Å². The summed E-state index contributed by atoms with van der Waals surface area (Å²) in [4.78, 5) is 129. The van der Waals surface area contributed by atoms with Crippen LogP contribution in [0, 0.1) is 31.1 Å². The number of aromatic hydroxyl groups is 1. The van der Waals surface area contributed by atoms with Crippen molar-refractivity contribution in [1.82, 2.24) is 46.3 Å². The van der Waals surface area contributed by atoms with Gasteiger partial charge in [-0.2, -0.15) is 5.26 Å². The number of nitrogens with zero attached hydrogens (tertiary/aromatic N) is 4. The number of methoxy groups -OCH3 is 1. The lowest BCUT2D eigenvalue weighted by molar-refractivity contribution is -0.157. The maximum absolute atomic E-state index is 15.9. The maximum atomic E-state index is 15.9. The molecule has 532 valence electrons. The second kappa shape index (κ2) is 27.6. The minimum absolute atomic E-state index is 0.00199. The molecule has 4 bridgehead atoms. The van der Waals surface area contributed by atoms with Crippen molar-refractivity contribution in [2.75, 3.05) is 57.8 Å². The minimum atomic E-state index is -1.63. The number of aryl methyl sites for hydroxylation is 1. The third-order valence-corrected chi connectivity index (χ3v) is 22.5. The molecule has 14 rings (SSSR count). The molecule has 101 heavy (non-hydrogen) atoms. The summed E-state index contributed by atoms with van der Waals surface area (Å²) in [5, 5.41) is 41.9. The number of imide groups is 1. The van der Waals surface area contributed by atoms with Crippen molar-refractivity contribution >= 4 is 82.0 Å². The molecule has 10 N–H and O–H groups in total. The molecule has 8 amide bonds. The molecule has 5 aromatic rings. The van der Waals surface area contributed by atoms with Crippen molar-refractivity contribution in [3.8, 4) is 34.8 Å². The lowest BCUT2D eigenvalue weighted by Crippen LogP contribution is -2.67. The van der Waals surface area contributed by atoms with Gasteiger partial charge in [0.15, 0.2) is 28.5 Å². The molecule has 9 aliphatic rings. The van der Waals surface area contributed by atoms with Crippen LogP contribution >= 0.6 is 11.8 Å². The normalized spacial score (nSPS) is 24.8. The van der Waals surface area contributed by atoms with Crippen LogP contribution in [0.2, 0.25) is 0 Å². The topological polar surface area (TPSA) is 377 Å². The zero-order valence-corrected chi connectivity index (χ0v) is 57.9. The maximum Gasteiger partial charge on any atom is 0.407 e. The van der Waals surface area contributed by atoms with Crippen LogP contribution in [0.5, 0.6) is 28.7 Å². The zero-order valence-electron chi connectivity index (χ0n) is 57.1. The fourth-order valence-corrected chi connectivity index (χ4v) is 18.2. The summed E-state index contributed by atoms with van der Waals surface area (Å²) in [5.41, 5.74) is 8.87. The Morgan fingerprint density at radius 2 is 1.66 bits per heavy atom. The van der Waals surface area contributed by atoms with E-state index >= 15 is 4.79 Å². The molecule has 10 atom stereocenters. The molecule has 29 heteroatoms. The van der Waals surface area contributed by atoms with E-state index in [1.807, 2.05) is 38.1 Å². The number of esters is 2. The number of carbonyl (C=O) groups is 9. The number of para-hydroxylation sites is 1. The fourth-order valence-electron chi connectivity index (χ4n) is 16.5. The number of fused-ring (bicyclic) bond motifs is 11. The second-order valence-corrected chi connectivity index (χ2v) is 28.9. The number of alkyl carbamates (subject to hydrolysis) is 1. The summed E-state index contributed by atoms with van der Waals surface area (Å²) < 4.78 is 37.3.